The van der Waals surface area contributed by atoms with E-state index in [1.165, 1.54) is 0 Å². The number of nitrogens with zero attached hydrogens (tertiary/aromatic N) is 3. The molecule has 1 saturated carbocycles. The molecule has 2 amide bonds. The van der Waals surface area contributed by atoms with Crippen molar-refractivity contribution in [2.24, 2.45) is 11.3 Å². The van der Waals surface area contributed by atoms with Crippen molar-refractivity contribution in [3.05, 3.63) is 30.0 Å². The van der Waals surface area contributed by atoms with Crippen LogP contribution in [0.4, 0.5) is 5.69 Å². The van der Waals surface area contributed by atoms with Gasteiger partial charge in [0.25, 0.3) is 0 Å². The minimum atomic E-state index is -0.840. The van der Waals surface area contributed by atoms with E-state index in [0.29, 0.717) is 36.6 Å². The van der Waals surface area contributed by atoms with Crippen molar-refractivity contribution < 1.29 is 19.1 Å². The van der Waals surface area contributed by atoms with E-state index in [1.807, 2.05) is 44.0 Å². The Labute approximate surface area is 217 Å². The zero-order valence-electron chi connectivity index (χ0n) is 22.2. The highest BCUT2D eigenvalue weighted by molar-refractivity contribution is 6.09. The molecule has 6 heterocycles. The number of amides is 2. The van der Waals surface area contributed by atoms with Crippen molar-refractivity contribution in [3.63, 3.8) is 0 Å². The van der Waals surface area contributed by atoms with Crippen molar-refractivity contribution >= 4 is 17.5 Å². The van der Waals surface area contributed by atoms with Crippen LogP contribution < -0.4 is 14.8 Å². The van der Waals surface area contributed by atoms with E-state index < -0.39 is 27.5 Å². The lowest BCUT2D eigenvalue weighted by Gasteiger charge is -2.67. The first-order valence-electron chi connectivity index (χ1n) is 13.4. The summed E-state index contributed by atoms with van der Waals surface area (Å²) in [5.74, 6) is 1.31. The fourth-order valence-corrected chi connectivity index (χ4v) is 9.10. The average Bonchev–Trinajstić information content (AvgIpc) is 3.16. The zero-order chi connectivity index (χ0) is 26.2. The molecule has 0 unspecified atom stereocenters. The molecule has 5 fully saturated rings. The number of carbonyl (C=O) groups is 2. The van der Waals surface area contributed by atoms with Crippen LogP contribution in [0.5, 0.6) is 11.5 Å². The topological polar surface area (TPSA) is 94.9 Å². The van der Waals surface area contributed by atoms with Gasteiger partial charge in [-0.05, 0) is 75.0 Å². The molecule has 37 heavy (non-hydrogen) atoms. The molecule has 5 atom stereocenters. The molecule has 8 nitrogen and oxygen atoms in total. The lowest BCUT2D eigenvalue weighted by molar-refractivity contribution is -0.200. The Morgan fingerprint density at radius 2 is 1.97 bits per heavy atom. The lowest BCUT2D eigenvalue weighted by atomic mass is 9.56. The molecular weight excluding hydrogens is 468 g/mol. The van der Waals surface area contributed by atoms with Crippen LogP contribution in [0.25, 0.3) is 0 Å². The van der Waals surface area contributed by atoms with Gasteiger partial charge in [0.05, 0.1) is 35.0 Å². The Morgan fingerprint density at radius 1 is 1.19 bits per heavy atom. The number of anilines is 1. The summed E-state index contributed by atoms with van der Waals surface area (Å²) in [5.41, 5.74) is -1.41. The van der Waals surface area contributed by atoms with Gasteiger partial charge < -0.3 is 19.7 Å². The average molecular weight is 503 g/mol. The van der Waals surface area contributed by atoms with Crippen molar-refractivity contribution in [2.45, 2.75) is 87.9 Å². The molecule has 1 aromatic rings. The highest BCUT2D eigenvalue weighted by atomic mass is 16.5. The maximum Gasteiger partial charge on any atom is 0.243 e. The van der Waals surface area contributed by atoms with E-state index in [2.05, 4.69) is 30.1 Å². The van der Waals surface area contributed by atoms with Gasteiger partial charge in [-0.1, -0.05) is 19.9 Å². The molecule has 8 heteroatoms. The van der Waals surface area contributed by atoms with Crippen molar-refractivity contribution in [3.8, 4) is 17.6 Å². The van der Waals surface area contributed by atoms with Crippen LogP contribution >= 0.6 is 0 Å². The van der Waals surface area contributed by atoms with Crippen LogP contribution in [0.3, 0.4) is 0 Å². The van der Waals surface area contributed by atoms with Gasteiger partial charge in [-0.25, -0.2) is 0 Å². The molecule has 3 spiro atoms. The molecule has 0 radical (unpaired) electrons. The summed E-state index contributed by atoms with van der Waals surface area (Å²) in [5, 5.41) is 13.2. The number of rotatable bonds is 0. The number of piperidine rings is 3. The molecule has 194 valence electrons. The third-order valence-electron chi connectivity index (χ3n) is 10.9. The summed E-state index contributed by atoms with van der Waals surface area (Å²) >= 11 is 0. The predicted molar refractivity (Wildman–Crippen MR) is 136 cm³/mol. The first kappa shape index (κ1) is 23.1. The number of fused-ring (bicyclic) bond motifs is 5. The maximum absolute atomic E-state index is 14.2. The quantitative estimate of drug-likeness (QED) is 0.581. The lowest BCUT2D eigenvalue weighted by Crippen LogP contribution is -2.82. The number of nitrogens with one attached hydrogen (secondary N) is 1. The van der Waals surface area contributed by atoms with E-state index in [4.69, 9.17) is 9.47 Å². The Hall–Kier alpha value is -3.05. The molecule has 0 aromatic heterocycles. The second-order valence-electron chi connectivity index (χ2n) is 13.1. The number of nitriles is 1. The number of hydrogen-bond donors (Lipinski definition) is 1. The molecule has 2 bridgehead atoms. The Kier molecular flexibility index (Phi) is 4.17. The Bertz CT molecular complexity index is 1340. The van der Waals surface area contributed by atoms with Gasteiger partial charge >= 0.3 is 0 Å². The SMILES string of the molecule is CN1C(=O)[C@@]23CCC[C@@H](C#N)N2C[C@@]12C[C@@]1(C(=O)Nc4c1ccc1c4OC=CC(C)(C)O1)C(C)(C)[C@@H]2C3. The highest BCUT2D eigenvalue weighted by Crippen LogP contribution is 2.72. The summed E-state index contributed by atoms with van der Waals surface area (Å²) < 4.78 is 12.3. The van der Waals surface area contributed by atoms with E-state index in [9.17, 15) is 14.9 Å². The number of hydrogen-bond acceptors (Lipinski definition) is 6. The van der Waals surface area contributed by atoms with Gasteiger partial charge in [0.15, 0.2) is 11.5 Å². The summed E-state index contributed by atoms with van der Waals surface area (Å²) in [6, 6.07) is 6.16. The summed E-state index contributed by atoms with van der Waals surface area (Å²) in [4.78, 5) is 32.4. The first-order valence-corrected chi connectivity index (χ1v) is 13.4. The van der Waals surface area contributed by atoms with Crippen molar-refractivity contribution in [2.75, 3.05) is 18.9 Å². The van der Waals surface area contributed by atoms with Crippen molar-refractivity contribution in [1.82, 2.24) is 9.80 Å². The van der Waals surface area contributed by atoms with Crippen LogP contribution in [-0.4, -0.2) is 57.9 Å². The van der Waals surface area contributed by atoms with E-state index in [1.54, 1.807) is 6.26 Å². The van der Waals surface area contributed by atoms with Gasteiger partial charge in [-0.3, -0.25) is 14.5 Å². The summed E-state index contributed by atoms with van der Waals surface area (Å²) in [6.45, 7) is 8.97. The number of ether oxygens (including phenoxy) is 2. The van der Waals surface area contributed by atoms with Gasteiger partial charge in [0.2, 0.25) is 11.8 Å². The van der Waals surface area contributed by atoms with E-state index in [0.717, 1.165) is 24.8 Å². The van der Waals surface area contributed by atoms with Gasteiger partial charge in [-0.2, -0.15) is 5.26 Å². The third kappa shape index (κ3) is 2.43. The van der Waals surface area contributed by atoms with Gasteiger partial charge in [0.1, 0.15) is 11.1 Å². The predicted octanol–water partition coefficient (Wildman–Crippen LogP) is 3.72. The maximum atomic E-state index is 14.2. The fraction of sp³-hybridized carbons (Fsp3) is 0.621. The number of carbonyl (C=O) groups excluding carboxylic acids is 2. The second-order valence-corrected chi connectivity index (χ2v) is 13.1. The van der Waals surface area contributed by atoms with E-state index in [-0.39, 0.29) is 23.8 Å². The molecule has 7 aliphatic rings. The Morgan fingerprint density at radius 3 is 2.73 bits per heavy atom. The van der Waals surface area contributed by atoms with Crippen LogP contribution in [0.1, 0.15) is 65.4 Å². The third-order valence-corrected chi connectivity index (χ3v) is 10.9. The number of likely N-dealkylation sites (N-methyl/N-ethyl adjacent to an activating group) is 1. The summed E-state index contributed by atoms with van der Waals surface area (Å²) in [7, 11) is 1.92. The minimum absolute atomic E-state index is 0.0441. The van der Waals surface area contributed by atoms with Gasteiger partial charge in [0, 0.05) is 13.6 Å². The molecule has 8 rings (SSSR count). The smallest absolute Gasteiger partial charge is 0.243 e. The fourth-order valence-electron chi connectivity index (χ4n) is 9.10. The minimum Gasteiger partial charge on any atom is -0.480 e. The molecular formula is C29H34N4O4. The van der Waals surface area contributed by atoms with Crippen LogP contribution in [0.15, 0.2) is 24.5 Å². The molecule has 1 N–H and O–H groups in total. The summed E-state index contributed by atoms with van der Waals surface area (Å²) in [6.07, 6.45) is 7.14. The van der Waals surface area contributed by atoms with E-state index >= 15 is 0 Å². The van der Waals surface area contributed by atoms with Crippen LogP contribution in [-0.2, 0) is 15.0 Å². The highest BCUT2D eigenvalue weighted by Gasteiger charge is 2.79. The number of piperazine rings is 1. The normalized spacial score (nSPS) is 40.1. The largest absolute Gasteiger partial charge is 0.480 e. The molecule has 4 saturated heterocycles. The Balaban J connectivity index is 1.41. The van der Waals surface area contributed by atoms with Gasteiger partial charge in [-0.15, -0.1) is 0 Å². The molecule has 6 aliphatic heterocycles. The standard InChI is InChI=1S/C29H34N4O4/c1-25(2)11-12-36-22-19(37-25)9-8-18-21(22)31-23(34)29(18)15-28-16-33-17(14-30)7-6-10-27(33,24(35)32(28)5)13-20(28)26(29,3)4/h8-9,11-12,17,20H,6-7,10,13,15-16H2,1-5H3,(H,31,34)/t17-,20-,27-,28+,29+/m0/s1. The van der Waals surface area contributed by atoms with Crippen molar-refractivity contribution in [1.29, 1.82) is 5.26 Å². The second kappa shape index (κ2) is 6.68. The monoisotopic (exact) mass is 502 g/mol. The first-order chi connectivity index (χ1) is 17.4. The van der Waals surface area contributed by atoms with Crippen LogP contribution in [0.2, 0.25) is 0 Å². The molecule has 1 aliphatic carbocycles. The number of benzene rings is 1. The zero-order valence-corrected chi connectivity index (χ0v) is 22.2. The van der Waals surface area contributed by atoms with Crippen LogP contribution in [0, 0.1) is 22.7 Å². The molecule has 1 aromatic carbocycles.